The largest absolute Gasteiger partial charge is 0.401 e. The van der Waals surface area contributed by atoms with E-state index in [9.17, 15) is 22.2 Å². The normalized spacial score (nSPS) is 15.6. The monoisotopic (exact) mass is 512 g/mol. The van der Waals surface area contributed by atoms with E-state index in [1.54, 1.807) is 28.6 Å². The number of rotatable bonds is 8. The van der Waals surface area contributed by atoms with Crippen LogP contribution >= 0.6 is 0 Å². The van der Waals surface area contributed by atoms with Crippen molar-refractivity contribution in [2.45, 2.75) is 50.3 Å². The highest BCUT2D eigenvalue weighted by molar-refractivity contribution is 7.82. The van der Waals surface area contributed by atoms with Crippen LogP contribution in [0.3, 0.4) is 0 Å². The summed E-state index contributed by atoms with van der Waals surface area (Å²) in [5, 5.41) is 12.6. The van der Waals surface area contributed by atoms with Crippen LogP contribution in [0.1, 0.15) is 48.2 Å². The van der Waals surface area contributed by atoms with Crippen molar-refractivity contribution < 1.29 is 22.2 Å². The third-order valence-corrected chi connectivity index (χ3v) is 6.73. The number of pyridine rings is 1. The minimum absolute atomic E-state index is 0.173. The van der Waals surface area contributed by atoms with Gasteiger partial charge in [0.1, 0.15) is 16.8 Å². The molecule has 35 heavy (non-hydrogen) atoms. The molecule has 8 nitrogen and oxygen atoms in total. The van der Waals surface area contributed by atoms with Gasteiger partial charge in [-0.05, 0) is 36.6 Å². The van der Waals surface area contributed by atoms with Crippen molar-refractivity contribution in [3.63, 3.8) is 0 Å². The van der Waals surface area contributed by atoms with Crippen molar-refractivity contribution in [3.8, 4) is 0 Å². The Labute approximate surface area is 205 Å². The zero-order chi connectivity index (χ0) is 26.0. The highest BCUT2D eigenvalue weighted by atomic mass is 32.2. The van der Waals surface area contributed by atoms with Gasteiger partial charge in [0, 0.05) is 43.7 Å². The lowest BCUT2D eigenvalue weighted by Crippen LogP contribution is -2.45. The van der Waals surface area contributed by atoms with E-state index in [4.69, 9.17) is 11.1 Å². The fourth-order valence-electron chi connectivity index (χ4n) is 3.38. The van der Waals surface area contributed by atoms with Crippen molar-refractivity contribution in [1.82, 2.24) is 19.9 Å². The number of anilines is 1. The SMILES string of the molecule is CC.N=Cc1cc(C(=O)NCc2ccc(S(=O)N3CCC(NCC(F)(F)F)CC3)cc2)cnc1N. The van der Waals surface area contributed by atoms with Gasteiger partial charge in [0.25, 0.3) is 5.91 Å². The number of carbonyl (C=O) groups is 1. The molecule has 1 atom stereocenters. The summed E-state index contributed by atoms with van der Waals surface area (Å²) in [4.78, 5) is 16.8. The van der Waals surface area contributed by atoms with Gasteiger partial charge in [-0.25, -0.2) is 13.5 Å². The van der Waals surface area contributed by atoms with Crippen molar-refractivity contribution in [2.75, 3.05) is 25.4 Å². The number of halogens is 3. The van der Waals surface area contributed by atoms with Crippen LogP contribution in [0, 0.1) is 5.41 Å². The second-order valence-electron chi connectivity index (χ2n) is 7.62. The number of nitrogens with one attached hydrogen (secondary N) is 3. The summed E-state index contributed by atoms with van der Waals surface area (Å²) >= 11 is 0. The molecule has 1 aliphatic heterocycles. The van der Waals surface area contributed by atoms with E-state index in [0.717, 1.165) is 11.8 Å². The van der Waals surface area contributed by atoms with Gasteiger partial charge < -0.3 is 21.8 Å². The first-order valence-electron chi connectivity index (χ1n) is 11.3. The summed E-state index contributed by atoms with van der Waals surface area (Å²) in [6.07, 6.45) is -0.890. The van der Waals surface area contributed by atoms with E-state index in [0.29, 0.717) is 36.4 Å². The molecule has 3 rings (SSSR count). The van der Waals surface area contributed by atoms with Crippen molar-refractivity contribution in [3.05, 3.63) is 53.2 Å². The van der Waals surface area contributed by atoms with E-state index in [1.165, 1.54) is 12.3 Å². The molecule has 2 aromatic rings. The standard InChI is InChI=1S/C21H25F3N6O2S.C2H6/c22-21(23,24)13-29-17-5-7-30(8-6-17)33(32)18-3-1-14(2-4-18)11-28-20(31)16-9-15(10-25)19(26)27-12-16;1-2/h1-4,9-10,12,17,25,29H,5-8,11,13H2,(H2,26,27)(H,28,31);1-2H3. The van der Waals surface area contributed by atoms with Gasteiger partial charge in [0.15, 0.2) is 0 Å². The molecule has 5 N–H and O–H groups in total. The van der Waals surface area contributed by atoms with E-state index in [-0.39, 0.29) is 29.9 Å². The number of carbonyl (C=O) groups excluding carboxylic acids is 1. The molecule has 0 spiro atoms. The Bertz CT molecular complexity index is 1010. The van der Waals surface area contributed by atoms with Crippen LogP contribution in [0.5, 0.6) is 0 Å². The molecule has 192 valence electrons. The maximum atomic E-state index is 12.8. The first kappa shape index (κ1) is 28.4. The molecule has 1 saturated heterocycles. The second kappa shape index (κ2) is 13.3. The molecule has 1 unspecified atom stereocenters. The van der Waals surface area contributed by atoms with Gasteiger partial charge in [-0.2, -0.15) is 13.2 Å². The lowest BCUT2D eigenvalue weighted by atomic mass is 10.1. The van der Waals surface area contributed by atoms with Gasteiger partial charge in [-0.3, -0.25) is 4.79 Å². The molecule has 1 aromatic heterocycles. The maximum absolute atomic E-state index is 12.8. The van der Waals surface area contributed by atoms with Crippen molar-refractivity contribution >= 4 is 28.9 Å². The number of nitrogens with two attached hydrogens (primary N) is 1. The molecule has 1 fully saturated rings. The molecular weight excluding hydrogens is 481 g/mol. The molecule has 0 aliphatic carbocycles. The minimum Gasteiger partial charge on any atom is -0.383 e. The third-order valence-electron chi connectivity index (χ3n) is 5.22. The fourth-order valence-corrected chi connectivity index (χ4v) is 4.58. The van der Waals surface area contributed by atoms with E-state index in [1.807, 2.05) is 13.8 Å². The number of nitrogens with zero attached hydrogens (tertiary/aromatic N) is 2. The molecule has 0 radical (unpaired) electrons. The number of piperidine rings is 1. The summed E-state index contributed by atoms with van der Waals surface area (Å²) in [5.74, 6) is -0.188. The molecular formula is C23H31F3N6O2S. The first-order chi connectivity index (χ1) is 16.7. The Morgan fingerprint density at radius 2 is 1.89 bits per heavy atom. The van der Waals surface area contributed by atoms with Gasteiger partial charge in [-0.15, -0.1) is 0 Å². The van der Waals surface area contributed by atoms with Crippen molar-refractivity contribution in [2.24, 2.45) is 0 Å². The molecule has 1 amide bonds. The van der Waals surface area contributed by atoms with Crippen LogP contribution in [0.15, 0.2) is 41.4 Å². The molecule has 0 bridgehead atoms. The number of aromatic nitrogens is 1. The summed E-state index contributed by atoms with van der Waals surface area (Å²) in [6.45, 7) is 4.10. The number of hydrogen-bond donors (Lipinski definition) is 4. The topological polar surface area (TPSA) is 124 Å². The number of hydrogen-bond acceptors (Lipinski definition) is 6. The Kier molecular flexibility index (Phi) is 10.8. The minimum atomic E-state index is -4.24. The molecule has 2 heterocycles. The molecule has 1 aliphatic rings. The van der Waals surface area contributed by atoms with Crippen LogP contribution in [0.2, 0.25) is 0 Å². The first-order valence-corrected chi connectivity index (χ1v) is 12.4. The average molecular weight is 513 g/mol. The van der Waals surface area contributed by atoms with Gasteiger partial charge in [0.05, 0.1) is 17.0 Å². The lowest BCUT2D eigenvalue weighted by molar-refractivity contribution is -0.126. The van der Waals surface area contributed by atoms with Crippen LogP contribution < -0.4 is 16.4 Å². The van der Waals surface area contributed by atoms with Crippen LogP contribution in [0.4, 0.5) is 19.0 Å². The van der Waals surface area contributed by atoms with Gasteiger partial charge >= 0.3 is 6.18 Å². The Morgan fingerprint density at radius 1 is 1.26 bits per heavy atom. The van der Waals surface area contributed by atoms with Gasteiger partial charge in [-0.1, -0.05) is 26.0 Å². The van der Waals surface area contributed by atoms with Crippen LogP contribution in [-0.2, 0) is 17.5 Å². The van der Waals surface area contributed by atoms with Crippen LogP contribution in [-0.4, -0.2) is 57.5 Å². The molecule has 1 aromatic carbocycles. The third kappa shape index (κ3) is 8.71. The predicted octanol–water partition coefficient (Wildman–Crippen LogP) is 3.26. The van der Waals surface area contributed by atoms with E-state index < -0.39 is 23.7 Å². The highest BCUT2D eigenvalue weighted by Crippen LogP contribution is 2.20. The number of amides is 1. The summed E-state index contributed by atoms with van der Waals surface area (Å²) in [7, 11) is -1.41. The summed E-state index contributed by atoms with van der Waals surface area (Å²) in [5.41, 5.74) is 7.07. The predicted molar refractivity (Wildman–Crippen MR) is 131 cm³/mol. The molecule has 12 heteroatoms. The quantitative estimate of drug-likeness (QED) is 0.404. The maximum Gasteiger partial charge on any atom is 0.401 e. The number of benzene rings is 1. The van der Waals surface area contributed by atoms with Crippen molar-refractivity contribution in [1.29, 1.82) is 5.41 Å². The Hall–Kier alpha value is -2.83. The van der Waals surface area contributed by atoms with E-state index >= 15 is 0 Å². The summed E-state index contributed by atoms with van der Waals surface area (Å²) < 4.78 is 51.6. The number of alkyl halides is 3. The lowest BCUT2D eigenvalue weighted by Gasteiger charge is -2.31. The Morgan fingerprint density at radius 3 is 2.46 bits per heavy atom. The second-order valence-corrected chi connectivity index (χ2v) is 9.10. The highest BCUT2D eigenvalue weighted by Gasteiger charge is 2.30. The fraction of sp³-hybridized carbons (Fsp3) is 0.435. The number of nitrogen functional groups attached to an aromatic ring is 1. The smallest absolute Gasteiger partial charge is 0.383 e. The van der Waals surface area contributed by atoms with E-state index in [2.05, 4.69) is 15.6 Å². The molecule has 0 saturated carbocycles. The average Bonchev–Trinajstić information content (AvgIpc) is 2.87. The Balaban J connectivity index is 0.00000210. The summed E-state index contributed by atoms with van der Waals surface area (Å²) in [6, 6.07) is 8.19. The van der Waals surface area contributed by atoms with Crippen LogP contribution in [0.25, 0.3) is 0 Å². The zero-order valence-electron chi connectivity index (χ0n) is 19.7. The zero-order valence-corrected chi connectivity index (χ0v) is 20.5. The van der Waals surface area contributed by atoms with Gasteiger partial charge in [0.2, 0.25) is 0 Å².